The quantitative estimate of drug-likeness (QED) is 0.578. The first-order valence-corrected chi connectivity index (χ1v) is 4.53. The molecule has 0 aliphatic heterocycles. The van der Waals surface area contributed by atoms with Crippen LogP contribution >= 0.6 is 0 Å². The molecule has 0 fully saturated rings. The highest BCUT2D eigenvalue weighted by atomic mass is 14.7. The van der Waals surface area contributed by atoms with Gasteiger partial charge in [-0.05, 0) is 30.2 Å². The predicted molar refractivity (Wildman–Crippen MR) is 59.1 cm³/mol. The largest absolute Gasteiger partial charge is 0.264 e. The van der Waals surface area contributed by atoms with Crippen molar-refractivity contribution in [3.63, 3.8) is 0 Å². The summed E-state index contributed by atoms with van der Waals surface area (Å²) < 4.78 is 0. The summed E-state index contributed by atoms with van der Waals surface area (Å²) in [6.07, 6.45) is 0. The van der Waals surface area contributed by atoms with Gasteiger partial charge < -0.3 is 0 Å². The molecule has 1 aromatic carbocycles. The molecule has 0 heterocycles. The van der Waals surface area contributed by atoms with Crippen LogP contribution in [-0.2, 0) is 5.41 Å². The van der Waals surface area contributed by atoms with Crippen LogP contribution in [0.2, 0.25) is 0 Å². The molecule has 0 saturated heterocycles. The van der Waals surface area contributed by atoms with E-state index in [2.05, 4.69) is 57.6 Å². The molecule has 0 bridgehead atoms. The van der Waals surface area contributed by atoms with Crippen molar-refractivity contribution in [2.75, 3.05) is 0 Å². The number of aliphatic imine (C=N–C) groups is 1. The fraction of sp³-hybridized carbons (Fsp3) is 0.417. The first-order valence-electron chi connectivity index (χ1n) is 4.53. The average molecular weight is 175 g/mol. The third kappa shape index (κ3) is 1.97. The Morgan fingerprint density at radius 1 is 1.23 bits per heavy atom. The van der Waals surface area contributed by atoms with Crippen molar-refractivity contribution >= 4 is 12.4 Å². The minimum Gasteiger partial charge on any atom is -0.264 e. The molecule has 0 aromatic heterocycles. The molecule has 0 N–H and O–H groups in total. The van der Waals surface area contributed by atoms with E-state index in [-0.39, 0.29) is 5.41 Å². The molecule has 1 aromatic rings. The number of para-hydroxylation sites is 1. The van der Waals surface area contributed by atoms with E-state index in [1.54, 1.807) is 0 Å². The van der Waals surface area contributed by atoms with Crippen LogP contribution in [0.5, 0.6) is 0 Å². The van der Waals surface area contributed by atoms with Gasteiger partial charge in [0.25, 0.3) is 0 Å². The smallest absolute Gasteiger partial charge is 0.0688 e. The van der Waals surface area contributed by atoms with Crippen LogP contribution in [0.3, 0.4) is 0 Å². The van der Waals surface area contributed by atoms with E-state index >= 15 is 0 Å². The maximum absolute atomic E-state index is 4.09. The highest BCUT2D eigenvalue weighted by molar-refractivity contribution is 5.58. The van der Waals surface area contributed by atoms with E-state index in [9.17, 15) is 0 Å². The van der Waals surface area contributed by atoms with Gasteiger partial charge >= 0.3 is 0 Å². The summed E-state index contributed by atoms with van der Waals surface area (Å²) in [6.45, 7) is 12.3. The Balaban J connectivity index is 3.37. The van der Waals surface area contributed by atoms with Crippen LogP contribution in [0.25, 0.3) is 0 Å². The maximum Gasteiger partial charge on any atom is 0.0688 e. The van der Waals surface area contributed by atoms with E-state index in [1.807, 2.05) is 0 Å². The molecule has 0 aliphatic carbocycles. The summed E-state index contributed by atoms with van der Waals surface area (Å²) in [6, 6.07) is 6.26. The predicted octanol–water partition coefficient (Wildman–Crippen LogP) is 3.62. The number of hydrogen-bond acceptors (Lipinski definition) is 1. The molecule has 0 atom stereocenters. The Morgan fingerprint density at radius 2 is 1.85 bits per heavy atom. The van der Waals surface area contributed by atoms with Crippen LogP contribution in [0.1, 0.15) is 31.9 Å². The first kappa shape index (κ1) is 9.97. The van der Waals surface area contributed by atoms with Gasteiger partial charge in [0.2, 0.25) is 0 Å². The second kappa shape index (κ2) is 3.33. The van der Waals surface area contributed by atoms with E-state index in [4.69, 9.17) is 0 Å². The van der Waals surface area contributed by atoms with Gasteiger partial charge in [0, 0.05) is 0 Å². The molecule has 0 radical (unpaired) electrons. The second-order valence-electron chi connectivity index (χ2n) is 4.38. The number of hydrogen-bond donors (Lipinski definition) is 0. The molecule has 0 saturated carbocycles. The van der Waals surface area contributed by atoms with Crippen molar-refractivity contribution in [1.82, 2.24) is 0 Å². The average Bonchev–Trinajstić information content (AvgIpc) is 2.02. The summed E-state index contributed by atoms with van der Waals surface area (Å²) in [5.74, 6) is 0. The summed E-state index contributed by atoms with van der Waals surface area (Å²) in [7, 11) is 0. The van der Waals surface area contributed by atoms with Crippen molar-refractivity contribution in [3.8, 4) is 0 Å². The van der Waals surface area contributed by atoms with Gasteiger partial charge in [-0.2, -0.15) is 0 Å². The fourth-order valence-electron chi connectivity index (χ4n) is 1.47. The number of nitrogens with zero attached hydrogens (tertiary/aromatic N) is 1. The number of benzene rings is 1. The molecule has 0 spiro atoms. The molecule has 13 heavy (non-hydrogen) atoms. The van der Waals surface area contributed by atoms with Crippen LogP contribution in [0, 0.1) is 6.92 Å². The lowest BCUT2D eigenvalue weighted by atomic mass is 9.85. The molecular weight excluding hydrogens is 158 g/mol. The summed E-state index contributed by atoms with van der Waals surface area (Å²) in [5, 5.41) is 0. The van der Waals surface area contributed by atoms with Crippen molar-refractivity contribution in [2.45, 2.75) is 33.1 Å². The fourth-order valence-corrected chi connectivity index (χ4v) is 1.47. The van der Waals surface area contributed by atoms with Crippen molar-refractivity contribution in [1.29, 1.82) is 0 Å². The molecule has 1 nitrogen and oxygen atoms in total. The Morgan fingerprint density at radius 3 is 2.23 bits per heavy atom. The Hall–Kier alpha value is -1.11. The Labute approximate surface area is 80.5 Å². The highest BCUT2D eigenvalue weighted by Gasteiger charge is 2.17. The molecule has 1 rings (SSSR count). The molecule has 0 aliphatic rings. The summed E-state index contributed by atoms with van der Waals surface area (Å²) in [4.78, 5) is 4.09. The summed E-state index contributed by atoms with van der Waals surface area (Å²) >= 11 is 0. The monoisotopic (exact) mass is 175 g/mol. The van der Waals surface area contributed by atoms with Crippen molar-refractivity contribution < 1.29 is 0 Å². The Bertz CT molecular complexity index is 318. The standard InChI is InChI=1S/C12H17N/c1-9-7-6-8-10(11(9)13-5)12(2,3)4/h6-8H,5H2,1-4H3. The molecule has 0 amide bonds. The van der Waals surface area contributed by atoms with Gasteiger partial charge in [-0.25, -0.2) is 0 Å². The van der Waals surface area contributed by atoms with E-state index in [1.165, 1.54) is 11.1 Å². The van der Waals surface area contributed by atoms with Crippen LogP contribution in [-0.4, -0.2) is 6.72 Å². The SMILES string of the molecule is C=Nc1c(C)cccc1C(C)(C)C. The minimum absolute atomic E-state index is 0.141. The zero-order valence-corrected chi connectivity index (χ0v) is 8.89. The maximum atomic E-state index is 4.09. The zero-order chi connectivity index (χ0) is 10.1. The topological polar surface area (TPSA) is 12.4 Å². The van der Waals surface area contributed by atoms with Gasteiger partial charge in [-0.15, -0.1) is 0 Å². The van der Waals surface area contributed by atoms with Crippen LogP contribution in [0.15, 0.2) is 23.2 Å². The number of aryl methyl sites for hydroxylation is 1. The van der Waals surface area contributed by atoms with Gasteiger partial charge in [-0.3, -0.25) is 4.99 Å². The lowest BCUT2D eigenvalue weighted by Gasteiger charge is -2.21. The molecule has 1 heteroatoms. The van der Waals surface area contributed by atoms with Gasteiger partial charge in [-0.1, -0.05) is 39.0 Å². The van der Waals surface area contributed by atoms with Gasteiger partial charge in [0.1, 0.15) is 0 Å². The van der Waals surface area contributed by atoms with Gasteiger partial charge in [0.05, 0.1) is 5.69 Å². The first-order chi connectivity index (χ1) is 5.96. The van der Waals surface area contributed by atoms with Crippen LogP contribution < -0.4 is 0 Å². The minimum atomic E-state index is 0.141. The lowest BCUT2D eigenvalue weighted by Crippen LogP contribution is -2.11. The molecule has 70 valence electrons. The zero-order valence-electron chi connectivity index (χ0n) is 8.89. The molecule has 0 unspecified atom stereocenters. The van der Waals surface area contributed by atoms with E-state index in [0.717, 1.165) is 5.69 Å². The third-order valence-electron chi connectivity index (χ3n) is 2.20. The number of rotatable bonds is 1. The second-order valence-corrected chi connectivity index (χ2v) is 4.38. The van der Waals surface area contributed by atoms with E-state index < -0.39 is 0 Å². The van der Waals surface area contributed by atoms with Crippen LogP contribution in [0.4, 0.5) is 5.69 Å². The third-order valence-corrected chi connectivity index (χ3v) is 2.20. The van der Waals surface area contributed by atoms with E-state index in [0.29, 0.717) is 0 Å². The van der Waals surface area contributed by atoms with Gasteiger partial charge in [0.15, 0.2) is 0 Å². The molecular formula is C12H17N. The normalized spacial score (nSPS) is 11.4. The van der Waals surface area contributed by atoms with Crippen molar-refractivity contribution in [2.24, 2.45) is 4.99 Å². The van der Waals surface area contributed by atoms with Crippen molar-refractivity contribution in [3.05, 3.63) is 29.3 Å². The Kier molecular flexibility index (Phi) is 2.55. The lowest BCUT2D eigenvalue weighted by molar-refractivity contribution is 0.591. The summed E-state index contributed by atoms with van der Waals surface area (Å²) in [5.41, 5.74) is 3.64. The highest BCUT2D eigenvalue weighted by Crippen LogP contribution is 2.33.